The molecule has 96 valence electrons. The minimum Gasteiger partial charge on any atom is -0.262 e. The first kappa shape index (κ1) is 12.6. The van der Waals surface area contributed by atoms with Crippen molar-refractivity contribution in [3.05, 3.63) is 39.7 Å². The average molecular weight is 265 g/mol. The zero-order chi connectivity index (χ0) is 14.0. The van der Waals surface area contributed by atoms with Gasteiger partial charge in [-0.05, 0) is 6.07 Å². The maximum absolute atomic E-state index is 13.8. The van der Waals surface area contributed by atoms with Gasteiger partial charge in [-0.2, -0.15) is 14.8 Å². The standard InChI is InChI=1S/C10H5F2N5O2/c11-5-1-2-6(17(18)19)9(12)8(5)10-14-7(3-4-13)15-16-10/h1-2H,3H2,(H,14,15,16). The van der Waals surface area contributed by atoms with Gasteiger partial charge in [-0.3, -0.25) is 15.2 Å². The number of nitrogens with zero attached hydrogens (tertiary/aromatic N) is 4. The van der Waals surface area contributed by atoms with E-state index in [0.717, 1.165) is 12.1 Å². The van der Waals surface area contributed by atoms with Gasteiger partial charge in [0.05, 0.1) is 23.0 Å². The van der Waals surface area contributed by atoms with E-state index in [0.29, 0.717) is 0 Å². The lowest BCUT2D eigenvalue weighted by Crippen LogP contribution is -1.98. The lowest BCUT2D eigenvalue weighted by atomic mass is 10.1. The molecule has 0 aliphatic carbocycles. The highest BCUT2D eigenvalue weighted by Crippen LogP contribution is 2.29. The van der Waals surface area contributed by atoms with Gasteiger partial charge in [-0.15, -0.1) is 0 Å². The number of halogens is 2. The van der Waals surface area contributed by atoms with Crippen LogP contribution in [0.1, 0.15) is 5.82 Å². The molecule has 0 amide bonds. The number of nitrogens with one attached hydrogen (secondary N) is 1. The lowest BCUT2D eigenvalue weighted by molar-refractivity contribution is -0.387. The largest absolute Gasteiger partial charge is 0.305 e. The first-order chi connectivity index (χ1) is 9.04. The Morgan fingerprint density at radius 1 is 1.47 bits per heavy atom. The van der Waals surface area contributed by atoms with E-state index in [2.05, 4.69) is 15.2 Å². The maximum Gasteiger partial charge on any atom is 0.305 e. The Bertz CT molecular complexity index is 692. The summed E-state index contributed by atoms with van der Waals surface area (Å²) < 4.78 is 27.4. The molecular weight excluding hydrogens is 260 g/mol. The molecule has 7 nitrogen and oxygen atoms in total. The molecule has 2 rings (SSSR count). The van der Waals surface area contributed by atoms with Crippen molar-refractivity contribution in [3.8, 4) is 17.5 Å². The van der Waals surface area contributed by atoms with Gasteiger partial charge in [0.2, 0.25) is 5.82 Å². The number of hydrogen-bond acceptors (Lipinski definition) is 5. The van der Waals surface area contributed by atoms with Crippen LogP contribution in [0.4, 0.5) is 14.5 Å². The van der Waals surface area contributed by atoms with Crippen molar-refractivity contribution in [2.75, 3.05) is 0 Å². The van der Waals surface area contributed by atoms with Gasteiger partial charge in [0, 0.05) is 6.07 Å². The molecule has 0 saturated carbocycles. The number of nitriles is 1. The van der Waals surface area contributed by atoms with Crippen molar-refractivity contribution < 1.29 is 13.7 Å². The zero-order valence-electron chi connectivity index (χ0n) is 9.22. The molecule has 0 aliphatic heterocycles. The smallest absolute Gasteiger partial charge is 0.262 e. The summed E-state index contributed by atoms with van der Waals surface area (Å²) in [6.45, 7) is 0. The van der Waals surface area contributed by atoms with Crippen LogP contribution in [0.15, 0.2) is 12.1 Å². The second-order valence-corrected chi connectivity index (χ2v) is 3.45. The summed E-state index contributed by atoms with van der Waals surface area (Å²) in [6, 6.07) is 3.26. The summed E-state index contributed by atoms with van der Waals surface area (Å²) in [5.41, 5.74) is -1.57. The van der Waals surface area contributed by atoms with Gasteiger partial charge >= 0.3 is 5.69 Å². The van der Waals surface area contributed by atoms with Crippen molar-refractivity contribution in [1.29, 1.82) is 5.26 Å². The summed E-state index contributed by atoms with van der Waals surface area (Å²) in [4.78, 5) is 13.3. The molecule has 0 radical (unpaired) electrons. The third-order valence-electron chi connectivity index (χ3n) is 2.27. The predicted molar refractivity (Wildman–Crippen MR) is 57.7 cm³/mol. The summed E-state index contributed by atoms with van der Waals surface area (Å²) >= 11 is 0. The highest BCUT2D eigenvalue weighted by atomic mass is 19.1. The fourth-order valence-electron chi connectivity index (χ4n) is 1.45. The van der Waals surface area contributed by atoms with Crippen LogP contribution < -0.4 is 0 Å². The van der Waals surface area contributed by atoms with E-state index in [9.17, 15) is 18.9 Å². The van der Waals surface area contributed by atoms with Crippen molar-refractivity contribution in [2.45, 2.75) is 6.42 Å². The van der Waals surface area contributed by atoms with Gasteiger partial charge in [0.15, 0.2) is 5.82 Å². The van der Waals surface area contributed by atoms with Gasteiger partial charge in [0.1, 0.15) is 11.6 Å². The Hall–Kier alpha value is -2.89. The summed E-state index contributed by atoms with van der Waals surface area (Å²) in [5.74, 6) is -2.63. The van der Waals surface area contributed by atoms with Gasteiger partial charge < -0.3 is 0 Å². The third-order valence-corrected chi connectivity index (χ3v) is 2.27. The van der Waals surface area contributed by atoms with Gasteiger partial charge in [-0.25, -0.2) is 9.37 Å². The minimum absolute atomic E-state index is 0.114. The van der Waals surface area contributed by atoms with E-state index in [1.54, 1.807) is 6.07 Å². The quantitative estimate of drug-likeness (QED) is 0.671. The Morgan fingerprint density at radius 3 is 2.84 bits per heavy atom. The normalized spacial score (nSPS) is 10.2. The van der Waals surface area contributed by atoms with Crippen LogP contribution in [0, 0.1) is 33.1 Å². The van der Waals surface area contributed by atoms with Crippen LogP contribution in [0.3, 0.4) is 0 Å². The van der Waals surface area contributed by atoms with Crippen LogP contribution in [0.5, 0.6) is 0 Å². The molecule has 9 heteroatoms. The van der Waals surface area contributed by atoms with E-state index in [4.69, 9.17) is 5.26 Å². The Kier molecular flexibility index (Phi) is 3.15. The van der Waals surface area contributed by atoms with Crippen LogP contribution in [0.25, 0.3) is 11.4 Å². The molecule has 19 heavy (non-hydrogen) atoms. The van der Waals surface area contributed by atoms with Crippen molar-refractivity contribution in [2.24, 2.45) is 0 Å². The van der Waals surface area contributed by atoms with Crippen LogP contribution in [-0.4, -0.2) is 20.1 Å². The topological polar surface area (TPSA) is 108 Å². The molecule has 0 aliphatic rings. The molecule has 0 atom stereocenters. The number of hydrogen-bond donors (Lipinski definition) is 1. The monoisotopic (exact) mass is 265 g/mol. The van der Waals surface area contributed by atoms with E-state index >= 15 is 0 Å². The molecule has 0 spiro atoms. The fourth-order valence-corrected chi connectivity index (χ4v) is 1.45. The second-order valence-electron chi connectivity index (χ2n) is 3.45. The third kappa shape index (κ3) is 2.23. The molecule has 1 N–H and O–H groups in total. The molecular formula is C10H5F2N5O2. The van der Waals surface area contributed by atoms with Gasteiger partial charge in [-0.1, -0.05) is 0 Å². The summed E-state index contributed by atoms with van der Waals surface area (Å²) in [7, 11) is 0. The van der Waals surface area contributed by atoms with Crippen molar-refractivity contribution in [3.63, 3.8) is 0 Å². The molecule has 1 aromatic carbocycles. The molecule has 0 unspecified atom stereocenters. The van der Waals surface area contributed by atoms with Crippen LogP contribution >= 0.6 is 0 Å². The zero-order valence-corrected chi connectivity index (χ0v) is 9.22. The summed E-state index contributed by atoms with van der Waals surface area (Å²) in [6.07, 6.45) is -0.120. The molecule has 1 aromatic heterocycles. The molecule has 1 heterocycles. The number of nitro groups is 1. The Morgan fingerprint density at radius 2 is 2.21 bits per heavy atom. The summed E-state index contributed by atoms with van der Waals surface area (Å²) in [5, 5.41) is 24.9. The maximum atomic E-state index is 13.8. The SMILES string of the molecule is N#CCc1nc(-c2c(F)ccc([N+](=O)[O-])c2F)n[nH]1. The van der Waals surface area contributed by atoms with E-state index in [-0.39, 0.29) is 18.1 Å². The van der Waals surface area contributed by atoms with E-state index in [1.165, 1.54) is 0 Å². The van der Waals surface area contributed by atoms with Crippen LogP contribution in [-0.2, 0) is 6.42 Å². The van der Waals surface area contributed by atoms with Crippen molar-refractivity contribution in [1.82, 2.24) is 15.2 Å². The number of aromatic amines is 1. The molecule has 0 fully saturated rings. The van der Waals surface area contributed by atoms with Crippen LogP contribution in [0.2, 0.25) is 0 Å². The fraction of sp³-hybridized carbons (Fsp3) is 0.100. The highest BCUT2D eigenvalue weighted by Gasteiger charge is 2.25. The lowest BCUT2D eigenvalue weighted by Gasteiger charge is -2.00. The molecule has 2 aromatic rings. The van der Waals surface area contributed by atoms with Gasteiger partial charge in [0.25, 0.3) is 0 Å². The number of aromatic nitrogens is 3. The number of nitro benzene ring substituents is 1. The second kappa shape index (κ2) is 4.77. The first-order valence-electron chi connectivity index (χ1n) is 4.95. The highest BCUT2D eigenvalue weighted by molar-refractivity contribution is 5.61. The first-order valence-corrected chi connectivity index (χ1v) is 4.95. The molecule has 0 bridgehead atoms. The van der Waals surface area contributed by atoms with E-state index in [1.807, 2.05) is 0 Å². The minimum atomic E-state index is -1.35. The van der Waals surface area contributed by atoms with E-state index < -0.39 is 27.8 Å². The Balaban J connectivity index is 2.57. The Labute approximate surface area is 104 Å². The average Bonchev–Trinajstić information content (AvgIpc) is 2.77. The number of rotatable bonds is 3. The van der Waals surface area contributed by atoms with Crippen molar-refractivity contribution >= 4 is 5.69 Å². The predicted octanol–water partition coefficient (Wildman–Crippen LogP) is 1.72. The molecule has 0 saturated heterocycles. The number of benzene rings is 1. The number of H-pyrrole nitrogens is 1.